The Morgan fingerprint density at radius 3 is 1.73 bits per heavy atom. The third kappa shape index (κ3) is 16.9. The molecule has 1 saturated carbocycles. The molecule has 0 bridgehead atoms. The summed E-state index contributed by atoms with van der Waals surface area (Å²) in [5, 5.41) is 41.9. The van der Waals surface area contributed by atoms with Crippen molar-refractivity contribution in [3.05, 3.63) is 0 Å². The monoisotopic (exact) mass is 851 g/mol. The number of nitrogens with zero attached hydrogens (tertiary/aromatic N) is 1. The van der Waals surface area contributed by atoms with Gasteiger partial charge in [0, 0.05) is 26.3 Å². The lowest BCUT2D eigenvalue weighted by atomic mass is 9.84. The highest BCUT2D eigenvalue weighted by Gasteiger charge is 2.41. The van der Waals surface area contributed by atoms with Crippen LogP contribution < -0.4 is 31.9 Å². The second kappa shape index (κ2) is 25.1. The summed E-state index contributed by atoms with van der Waals surface area (Å²) in [6.07, 6.45) is 3.86. The van der Waals surface area contributed by atoms with Gasteiger partial charge in [0.15, 0.2) is 0 Å². The van der Waals surface area contributed by atoms with Crippen molar-refractivity contribution in [3.8, 4) is 0 Å². The highest BCUT2D eigenvalue weighted by atomic mass is 16.4. The molecule has 6 unspecified atom stereocenters. The average molecular weight is 852 g/mol. The summed E-state index contributed by atoms with van der Waals surface area (Å²) in [4.78, 5) is 141. The van der Waals surface area contributed by atoms with Gasteiger partial charge in [0.05, 0.1) is 6.04 Å². The fourth-order valence-corrected chi connectivity index (χ4v) is 7.35. The molecule has 0 aromatic rings. The molecule has 0 aromatic heterocycles. The van der Waals surface area contributed by atoms with E-state index in [1.807, 2.05) is 5.32 Å². The zero-order valence-electron chi connectivity index (χ0n) is 34.7. The van der Waals surface area contributed by atoms with E-state index in [1.165, 1.54) is 4.90 Å². The first kappa shape index (κ1) is 50.5. The molecule has 2 aliphatic rings. The van der Waals surface area contributed by atoms with Gasteiger partial charge in [0.1, 0.15) is 36.8 Å². The van der Waals surface area contributed by atoms with Crippen LogP contribution in [0.3, 0.4) is 0 Å². The quantitative estimate of drug-likeness (QED) is 0.0516. The Hall–Kier alpha value is -5.63. The van der Waals surface area contributed by atoms with Gasteiger partial charge >= 0.3 is 17.9 Å². The van der Waals surface area contributed by atoms with Gasteiger partial charge in [0.25, 0.3) is 5.91 Å². The molecule has 1 aliphatic carbocycles. The van der Waals surface area contributed by atoms with E-state index in [0.717, 1.165) is 39.0 Å². The van der Waals surface area contributed by atoms with E-state index in [1.54, 1.807) is 20.8 Å². The molecule has 0 aromatic carbocycles. The van der Waals surface area contributed by atoms with Gasteiger partial charge in [-0.3, -0.25) is 52.7 Å². The van der Waals surface area contributed by atoms with E-state index in [2.05, 4.69) is 26.6 Å². The Balaban J connectivity index is 2.34. The molecule has 60 heavy (non-hydrogen) atoms. The second-order valence-electron chi connectivity index (χ2n) is 15.7. The third-order valence-electron chi connectivity index (χ3n) is 10.4. The highest BCUT2D eigenvalue weighted by molar-refractivity contribution is 6.38. The number of carbonyl (C=O) groups excluding carboxylic acids is 8. The molecule has 0 radical (unpaired) electrons. The van der Waals surface area contributed by atoms with Crippen molar-refractivity contribution in [3.63, 3.8) is 0 Å². The van der Waals surface area contributed by atoms with Crippen LogP contribution >= 0.6 is 0 Å². The molecule has 336 valence electrons. The van der Waals surface area contributed by atoms with E-state index < -0.39 is 133 Å². The number of likely N-dealkylation sites (tertiary alicyclic amines) is 1. The molecular formula is C39H61N7O14. The lowest BCUT2D eigenvalue weighted by molar-refractivity contribution is -0.144. The van der Waals surface area contributed by atoms with Crippen LogP contribution in [-0.2, 0) is 52.7 Å². The van der Waals surface area contributed by atoms with Gasteiger partial charge < -0.3 is 52.1 Å². The number of carboxylic acids is 3. The van der Waals surface area contributed by atoms with Crippen LogP contribution in [0, 0.1) is 11.8 Å². The molecule has 1 saturated heterocycles. The highest BCUT2D eigenvalue weighted by Crippen LogP contribution is 2.29. The molecule has 21 heteroatoms. The number of hydrogen-bond acceptors (Lipinski definition) is 11. The number of carboxylic acid groups (broad SMARTS) is 3. The number of ketones is 1. The minimum atomic E-state index is -1.53. The molecule has 2 rings (SSSR count). The van der Waals surface area contributed by atoms with E-state index >= 15 is 0 Å². The van der Waals surface area contributed by atoms with Crippen molar-refractivity contribution in [2.75, 3.05) is 13.1 Å². The molecule has 21 nitrogen and oxygen atoms in total. The first-order valence-electron chi connectivity index (χ1n) is 20.5. The van der Waals surface area contributed by atoms with Crippen LogP contribution in [0.5, 0.6) is 0 Å². The van der Waals surface area contributed by atoms with Gasteiger partial charge in [-0.15, -0.1) is 0 Å². The fourth-order valence-electron chi connectivity index (χ4n) is 7.35. The maximum absolute atomic E-state index is 14.4. The normalized spacial score (nSPS) is 17.8. The molecule has 7 amide bonds. The van der Waals surface area contributed by atoms with Crippen molar-refractivity contribution in [1.29, 1.82) is 0 Å². The van der Waals surface area contributed by atoms with E-state index in [4.69, 9.17) is 10.2 Å². The van der Waals surface area contributed by atoms with E-state index in [9.17, 15) is 57.8 Å². The zero-order valence-corrected chi connectivity index (χ0v) is 34.7. The van der Waals surface area contributed by atoms with Crippen LogP contribution in [0.1, 0.15) is 118 Å². The maximum Gasteiger partial charge on any atom is 0.322 e. The molecule has 6 atom stereocenters. The molecule has 1 heterocycles. The molecule has 1 aliphatic heterocycles. The van der Waals surface area contributed by atoms with Gasteiger partial charge in [0.2, 0.25) is 41.2 Å². The fraction of sp³-hybridized carbons (Fsp3) is 0.718. The molecular weight excluding hydrogens is 790 g/mol. The average Bonchev–Trinajstić information content (AvgIpc) is 3.68. The Kier molecular flexibility index (Phi) is 21.1. The Morgan fingerprint density at radius 1 is 0.633 bits per heavy atom. The van der Waals surface area contributed by atoms with Gasteiger partial charge in [-0.2, -0.15) is 0 Å². The number of carbonyl (C=O) groups is 11. The van der Waals surface area contributed by atoms with Crippen molar-refractivity contribution < 1.29 is 68.1 Å². The Bertz CT molecular complexity index is 1600. The maximum atomic E-state index is 14.4. The molecule has 2 fully saturated rings. The number of rotatable bonds is 25. The number of aliphatic carboxylic acids is 3. The summed E-state index contributed by atoms with van der Waals surface area (Å²) >= 11 is 0. The predicted octanol–water partition coefficient (Wildman–Crippen LogP) is -0.653. The molecule has 0 spiro atoms. The van der Waals surface area contributed by atoms with Crippen molar-refractivity contribution in [1.82, 2.24) is 36.8 Å². The summed E-state index contributed by atoms with van der Waals surface area (Å²) in [6.45, 7) is 5.40. The van der Waals surface area contributed by atoms with Crippen LogP contribution in [0.4, 0.5) is 0 Å². The standard InChI is InChI=1S/C39H61N7O14/c1-5-10-24(33(54)38(59)40-20-31(52)53)42-36(57)28-13-9-18-46(28)39(60)27(19-23-11-7-6-8-12-23)44-37(58)32(21(2)3)45-35(56)26(15-17-30(50)51)43-34(55)25(41-22(4)47)14-16-29(48)49/h21,23-28,32H,5-20H2,1-4H3,(H,40,59)(H,41,47)(H,42,57)(H,43,55)(H,44,58)(H,45,56)(H,48,49)(H,50,51)(H,52,53). The third-order valence-corrected chi connectivity index (χ3v) is 10.4. The summed E-state index contributed by atoms with van der Waals surface area (Å²) in [5.74, 6) is -11.3. The first-order valence-corrected chi connectivity index (χ1v) is 20.5. The molecule has 9 N–H and O–H groups in total. The summed E-state index contributed by atoms with van der Waals surface area (Å²) in [7, 11) is 0. The number of hydrogen-bond donors (Lipinski definition) is 9. The lowest BCUT2D eigenvalue weighted by Crippen LogP contribution is -2.60. The largest absolute Gasteiger partial charge is 0.481 e. The minimum absolute atomic E-state index is 0.0409. The van der Waals surface area contributed by atoms with Crippen LogP contribution in [0.25, 0.3) is 0 Å². The van der Waals surface area contributed by atoms with Crippen molar-refractivity contribution >= 4 is 65.0 Å². The van der Waals surface area contributed by atoms with Gasteiger partial charge in [-0.1, -0.05) is 59.3 Å². The van der Waals surface area contributed by atoms with Crippen LogP contribution in [0.2, 0.25) is 0 Å². The summed E-state index contributed by atoms with van der Waals surface area (Å²) < 4.78 is 0. The zero-order chi connectivity index (χ0) is 45.1. The van der Waals surface area contributed by atoms with Gasteiger partial charge in [-0.25, -0.2) is 0 Å². The van der Waals surface area contributed by atoms with Crippen LogP contribution in [0.15, 0.2) is 0 Å². The minimum Gasteiger partial charge on any atom is -0.481 e. The Morgan fingerprint density at radius 2 is 1.20 bits per heavy atom. The number of nitrogens with one attached hydrogen (secondary N) is 6. The van der Waals surface area contributed by atoms with Crippen molar-refractivity contribution in [2.45, 2.75) is 154 Å². The van der Waals surface area contributed by atoms with E-state index in [-0.39, 0.29) is 38.1 Å². The van der Waals surface area contributed by atoms with Gasteiger partial charge in [-0.05, 0) is 50.4 Å². The smallest absolute Gasteiger partial charge is 0.322 e. The second-order valence-corrected chi connectivity index (χ2v) is 15.7. The number of amides is 7. The summed E-state index contributed by atoms with van der Waals surface area (Å²) in [5.41, 5.74) is 0. The first-order chi connectivity index (χ1) is 28.2. The van der Waals surface area contributed by atoms with E-state index in [0.29, 0.717) is 12.8 Å². The lowest BCUT2D eigenvalue weighted by Gasteiger charge is -2.33. The SMILES string of the molecule is CCCC(NC(=O)C1CCCN1C(=O)C(CC1CCCCC1)NC(=O)C(NC(=O)C(CCC(=O)O)NC(=O)C(CCC(=O)O)NC(C)=O)C(C)C)C(=O)C(=O)NCC(=O)O. The topological polar surface area (TPSA) is 324 Å². The predicted molar refractivity (Wildman–Crippen MR) is 210 cm³/mol. The van der Waals surface area contributed by atoms with Crippen LogP contribution in [-0.4, -0.2) is 135 Å². The Labute approximate surface area is 348 Å². The van der Waals surface area contributed by atoms with Crippen molar-refractivity contribution in [2.24, 2.45) is 11.8 Å². The number of Topliss-reactive ketones (excluding diaryl/α,β-unsaturated/α-hetero) is 1. The summed E-state index contributed by atoms with van der Waals surface area (Å²) in [6, 6.07) is -7.71.